The minimum Gasteiger partial charge on any atom is -0.489 e. The Morgan fingerprint density at radius 3 is 2.38 bits per heavy atom. The molecule has 0 aliphatic heterocycles. The van der Waals surface area contributed by atoms with Crippen LogP contribution in [0.5, 0.6) is 17.2 Å². The van der Waals surface area contributed by atoms with Crippen LogP contribution < -0.4 is 14.9 Å². The van der Waals surface area contributed by atoms with Gasteiger partial charge in [0.2, 0.25) is 11.2 Å². The Kier molecular flexibility index (Phi) is 7.18. The molecule has 0 radical (unpaired) electrons. The van der Waals surface area contributed by atoms with Crippen molar-refractivity contribution in [3.05, 3.63) is 98.9 Å². The summed E-state index contributed by atoms with van der Waals surface area (Å²) < 4.78 is 22.6. The monoisotopic (exact) mass is 478 g/mol. The highest BCUT2D eigenvalue weighted by Crippen LogP contribution is 2.28. The minimum atomic E-state index is -0.399. The summed E-state index contributed by atoms with van der Waals surface area (Å²) in [5, 5.41) is 1.04. The predicted octanol–water partition coefficient (Wildman–Crippen LogP) is 6.69. The van der Waals surface area contributed by atoms with Gasteiger partial charge in [-0.1, -0.05) is 30.7 Å². The Labute approximate surface area is 201 Å². The van der Waals surface area contributed by atoms with E-state index in [0.717, 1.165) is 12.0 Å². The lowest BCUT2D eigenvalue weighted by Crippen LogP contribution is -2.08. The third-order valence-electron chi connectivity index (χ3n) is 5.05. The molecular weight excluding hydrogens is 456 g/mol. The lowest BCUT2D eigenvalue weighted by molar-refractivity contribution is 0.0505. The predicted molar refractivity (Wildman–Crippen MR) is 130 cm³/mol. The highest BCUT2D eigenvalue weighted by molar-refractivity contribution is 6.30. The molecule has 0 bridgehead atoms. The van der Waals surface area contributed by atoms with Gasteiger partial charge in [-0.3, -0.25) is 4.79 Å². The van der Waals surface area contributed by atoms with Crippen molar-refractivity contribution in [2.45, 2.75) is 26.9 Å². The summed E-state index contributed by atoms with van der Waals surface area (Å²) in [4.78, 5) is 25.0. The Morgan fingerprint density at radius 1 is 0.971 bits per heavy atom. The number of hydrogen-bond acceptors (Lipinski definition) is 6. The normalized spacial score (nSPS) is 10.8. The zero-order valence-corrected chi connectivity index (χ0v) is 19.6. The van der Waals surface area contributed by atoms with Gasteiger partial charge in [0, 0.05) is 11.1 Å². The van der Waals surface area contributed by atoms with E-state index in [2.05, 4.69) is 0 Å². The Balaban J connectivity index is 1.51. The van der Waals surface area contributed by atoms with Crippen molar-refractivity contribution in [2.75, 3.05) is 6.61 Å². The second kappa shape index (κ2) is 10.4. The number of ether oxygens (including phenoxy) is 3. The zero-order valence-electron chi connectivity index (χ0n) is 18.8. The first-order chi connectivity index (χ1) is 16.4. The number of benzene rings is 3. The molecule has 1 aromatic heterocycles. The summed E-state index contributed by atoms with van der Waals surface area (Å²) in [6.45, 7) is 4.31. The minimum absolute atomic E-state index is 0.0867. The Morgan fingerprint density at radius 2 is 1.68 bits per heavy atom. The van der Waals surface area contributed by atoms with Crippen molar-refractivity contribution in [3.8, 4) is 17.2 Å². The average molecular weight is 479 g/mol. The molecule has 0 spiro atoms. The van der Waals surface area contributed by atoms with Crippen LogP contribution in [-0.4, -0.2) is 12.6 Å². The van der Waals surface area contributed by atoms with Crippen molar-refractivity contribution in [1.82, 2.24) is 0 Å². The van der Waals surface area contributed by atoms with Crippen LogP contribution in [0.3, 0.4) is 0 Å². The van der Waals surface area contributed by atoms with E-state index in [-0.39, 0.29) is 11.2 Å². The fourth-order valence-corrected chi connectivity index (χ4v) is 3.40. The molecule has 4 aromatic rings. The van der Waals surface area contributed by atoms with Gasteiger partial charge in [-0.2, -0.15) is 0 Å². The van der Waals surface area contributed by atoms with Crippen LogP contribution in [0.2, 0.25) is 5.02 Å². The van der Waals surface area contributed by atoms with Crippen molar-refractivity contribution in [3.63, 3.8) is 0 Å². The fourth-order valence-electron chi connectivity index (χ4n) is 3.28. The number of esters is 1. The molecule has 34 heavy (non-hydrogen) atoms. The number of carbonyl (C=O) groups excluding carboxylic acids is 1. The summed E-state index contributed by atoms with van der Waals surface area (Å²) in [6, 6.07) is 18.8. The van der Waals surface area contributed by atoms with E-state index in [4.69, 9.17) is 30.2 Å². The molecule has 0 saturated carbocycles. The third-order valence-corrected chi connectivity index (χ3v) is 5.30. The molecule has 0 unspecified atom stereocenters. The highest BCUT2D eigenvalue weighted by atomic mass is 35.5. The van der Waals surface area contributed by atoms with Gasteiger partial charge in [-0.15, -0.1) is 0 Å². The standard InChI is InChI=1S/C27H23ClO6/c1-3-14-31-27(30)19-6-10-21(11-7-19)34-26-17(2)33-24-15-22(12-13-23(24)25(26)29)32-16-18-4-8-20(28)9-5-18/h4-13,15H,3,14,16H2,1-2H3. The van der Waals surface area contributed by atoms with Gasteiger partial charge in [0.05, 0.1) is 17.6 Å². The van der Waals surface area contributed by atoms with Crippen molar-refractivity contribution in [1.29, 1.82) is 0 Å². The second-order valence-electron chi connectivity index (χ2n) is 7.65. The molecule has 7 heteroatoms. The number of fused-ring (bicyclic) bond motifs is 1. The van der Waals surface area contributed by atoms with Crippen LogP contribution >= 0.6 is 11.6 Å². The first-order valence-corrected chi connectivity index (χ1v) is 11.2. The van der Waals surface area contributed by atoms with Gasteiger partial charge in [0.25, 0.3) is 0 Å². The van der Waals surface area contributed by atoms with Gasteiger partial charge < -0.3 is 18.6 Å². The van der Waals surface area contributed by atoms with Gasteiger partial charge in [0.1, 0.15) is 29.4 Å². The summed E-state index contributed by atoms with van der Waals surface area (Å²) in [5.74, 6) is 1.00. The molecule has 6 nitrogen and oxygen atoms in total. The van der Waals surface area contributed by atoms with E-state index in [1.807, 2.05) is 19.1 Å². The van der Waals surface area contributed by atoms with E-state index in [9.17, 15) is 9.59 Å². The van der Waals surface area contributed by atoms with E-state index >= 15 is 0 Å². The van der Waals surface area contributed by atoms with Gasteiger partial charge >= 0.3 is 5.97 Å². The Hall–Kier alpha value is -3.77. The van der Waals surface area contributed by atoms with E-state index in [1.165, 1.54) is 0 Å². The highest BCUT2D eigenvalue weighted by Gasteiger charge is 2.15. The summed E-state index contributed by atoms with van der Waals surface area (Å²) in [7, 11) is 0. The zero-order chi connectivity index (χ0) is 24.1. The number of carbonyl (C=O) groups is 1. The second-order valence-corrected chi connectivity index (χ2v) is 8.09. The number of rotatable bonds is 8. The van der Waals surface area contributed by atoms with E-state index in [1.54, 1.807) is 61.5 Å². The van der Waals surface area contributed by atoms with Crippen molar-refractivity contribution < 1.29 is 23.4 Å². The van der Waals surface area contributed by atoms with Crippen LogP contribution in [0.4, 0.5) is 0 Å². The fraction of sp³-hybridized carbons (Fsp3) is 0.185. The summed E-state index contributed by atoms with van der Waals surface area (Å²) in [6.07, 6.45) is 0.750. The molecule has 1 heterocycles. The summed E-state index contributed by atoms with van der Waals surface area (Å²) in [5.41, 5.74) is 1.48. The lowest BCUT2D eigenvalue weighted by Gasteiger charge is -2.11. The molecule has 0 N–H and O–H groups in total. The lowest BCUT2D eigenvalue weighted by atomic mass is 10.2. The van der Waals surface area contributed by atoms with Crippen molar-refractivity contribution >= 4 is 28.5 Å². The molecule has 0 fully saturated rings. The first-order valence-electron chi connectivity index (χ1n) is 10.8. The van der Waals surface area contributed by atoms with Gasteiger partial charge in [-0.25, -0.2) is 4.79 Å². The van der Waals surface area contributed by atoms with Crippen LogP contribution in [0.25, 0.3) is 11.0 Å². The van der Waals surface area contributed by atoms with Crippen LogP contribution in [0, 0.1) is 6.92 Å². The van der Waals surface area contributed by atoms with E-state index < -0.39 is 5.97 Å². The molecule has 3 aromatic carbocycles. The first kappa shape index (κ1) is 23.4. The summed E-state index contributed by atoms with van der Waals surface area (Å²) >= 11 is 5.91. The van der Waals surface area contributed by atoms with Gasteiger partial charge in [0.15, 0.2) is 0 Å². The molecule has 174 valence electrons. The topological polar surface area (TPSA) is 75.0 Å². The van der Waals surface area contributed by atoms with Crippen LogP contribution in [-0.2, 0) is 11.3 Å². The maximum atomic E-state index is 13.1. The smallest absolute Gasteiger partial charge is 0.338 e. The van der Waals surface area contributed by atoms with Gasteiger partial charge in [-0.05, 0) is 67.4 Å². The average Bonchev–Trinajstić information content (AvgIpc) is 2.85. The SMILES string of the molecule is CCCOC(=O)c1ccc(Oc2c(C)oc3cc(OCc4ccc(Cl)cc4)ccc3c2=O)cc1. The van der Waals surface area contributed by atoms with E-state index in [0.29, 0.717) is 52.0 Å². The number of aryl methyl sites for hydroxylation is 1. The number of halogens is 1. The Bertz CT molecular complexity index is 1360. The number of hydrogen-bond donors (Lipinski definition) is 0. The molecule has 0 amide bonds. The quantitative estimate of drug-likeness (QED) is 0.262. The molecule has 0 saturated heterocycles. The van der Waals surface area contributed by atoms with Crippen LogP contribution in [0.1, 0.15) is 35.0 Å². The maximum absolute atomic E-state index is 13.1. The maximum Gasteiger partial charge on any atom is 0.338 e. The molecule has 4 rings (SSSR count). The molecular formula is C27H23ClO6. The molecule has 0 aliphatic rings. The van der Waals surface area contributed by atoms with Crippen LogP contribution in [0.15, 0.2) is 75.9 Å². The largest absolute Gasteiger partial charge is 0.489 e. The molecule has 0 aliphatic carbocycles. The molecule has 0 atom stereocenters. The third kappa shape index (κ3) is 5.41. The van der Waals surface area contributed by atoms with Crippen molar-refractivity contribution in [2.24, 2.45) is 0 Å².